The maximum absolute atomic E-state index is 13.2. The second kappa shape index (κ2) is 10.5. The summed E-state index contributed by atoms with van der Waals surface area (Å²) in [5.74, 6) is 0.990. The van der Waals surface area contributed by atoms with E-state index in [1.54, 1.807) is 36.8 Å². The number of morpholine rings is 1. The standard InChI is InChI=1S/C24H24F3N7O2/c25-24(26,27)21-6-1-4-18(29-21)22-31-23(19-5-2-10-34(19)32-22)30-17-7-8-28-16-20(17)36-13-3-9-33-11-14-35-15-12-33/h1-2,4-8,10,16H,3,9,11-15H2,(H,28,30,31,32). The minimum atomic E-state index is -4.57. The fraction of sp³-hybridized carbons (Fsp3) is 0.333. The quantitative estimate of drug-likeness (QED) is 0.363. The Morgan fingerprint density at radius 1 is 1.06 bits per heavy atom. The first-order chi connectivity index (χ1) is 17.5. The number of aromatic nitrogens is 5. The van der Waals surface area contributed by atoms with Crippen molar-refractivity contribution in [1.82, 2.24) is 29.5 Å². The average molecular weight is 499 g/mol. The number of ether oxygens (including phenoxy) is 2. The molecule has 36 heavy (non-hydrogen) atoms. The summed E-state index contributed by atoms with van der Waals surface area (Å²) in [7, 11) is 0. The summed E-state index contributed by atoms with van der Waals surface area (Å²) in [4.78, 5) is 14.7. The van der Waals surface area contributed by atoms with Gasteiger partial charge in [0.2, 0.25) is 5.82 Å². The number of rotatable bonds is 8. The van der Waals surface area contributed by atoms with Gasteiger partial charge >= 0.3 is 6.18 Å². The van der Waals surface area contributed by atoms with Crippen LogP contribution in [0.25, 0.3) is 17.0 Å². The van der Waals surface area contributed by atoms with Crippen LogP contribution in [-0.4, -0.2) is 68.9 Å². The van der Waals surface area contributed by atoms with E-state index in [-0.39, 0.29) is 11.5 Å². The molecule has 5 rings (SSSR count). The van der Waals surface area contributed by atoms with E-state index in [4.69, 9.17) is 9.47 Å². The number of nitrogens with one attached hydrogen (secondary N) is 1. The molecule has 0 radical (unpaired) electrons. The molecule has 5 heterocycles. The van der Waals surface area contributed by atoms with Crippen molar-refractivity contribution in [2.24, 2.45) is 0 Å². The zero-order valence-electron chi connectivity index (χ0n) is 19.3. The molecule has 12 heteroatoms. The third kappa shape index (κ3) is 5.55. The van der Waals surface area contributed by atoms with E-state index in [1.807, 2.05) is 0 Å². The van der Waals surface area contributed by atoms with Gasteiger partial charge in [0, 0.05) is 32.0 Å². The molecule has 1 aliphatic heterocycles. The van der Waals surface area contributed by atoms with Crippen LogP contribution in [0.5, 0.6) is 5.75 Å². The van der Waals surface area contributed by atoms with Crippen molar-refractivity contribution in [2.75, 3.05) is 44.8 Å². The molecule has 0 saturated carbocycles. The van der Waals surface area contributed by atoms with Crippen molar-refractivity contribution in [3.05, 3.63) is 60.7 Å². The Balaban J connectivity index is 1.36. The molecule has 0 aromatic carbocycles. The van der Waals surface area contributed by atoms with Gasteiger partial charge in [0.05, 0.1) is 31.7 Å². The first-order valence-electron chi connectivity index (χ1n) is 11.5. The molecule has 0 aliphatic carbocycles. The van der Waals surface area contributed by atoms with Gasteiger partial charge < -0.3 is 14.8 Å². The minimum Gasteiger partial charge on any atom is -0.490 e. The Morgan fingerprint density at radius 3 is 2.75 bits per heavy atom. The van der Waals surface area contributed by atoms with E-state index < -0.39 is 11.9 Å². The minimum absolute atomic E-state index is 0.0118. The summed E-state index contributed by atoms with van der Waals surface area (Å²) in [6.45, 7) is 4.76. The average Bonchev–Trinajstić information content (AvgIpc) is 3.37. The third-order valence-corrected chi connectivity index (χ3v) is 5.68. The lowest BCUT2D eigenvalue weighted by Gasteiger charge is -2.26. The Kier molecular flexibility index (Phi) is 6.96. The lowest BCUT2D eigenvalue weighted by Crippen LogP contribution is -2.37. The van der Waals surface area contributed by atoms with E-state index in [0.29, 0.717) is 29.4 Å². The molecule has 0 atom stereocenters. The molecule has 1 saturated heterocycles. The van der Waals surface area contributed by atoms with Gasteiger partial charge in [0.25, 0.3) is 0 Å². The van der Waals surface area contributed by atoms with Crippen LogP contribution in [0.1, 0.15) is 12.1 Å². The topological polar surface area (TPSA) is 89.7 Å². The van der Waals surface area contributed by atoms with Crippen molar-refractivity contribution in [1.29, 1.82) is 0 Å². The number of alkyl halides is 3. The highest BCUT2D eigenvalue weighted by molar-refractivity contribution is 5.76. The third-order valence-electron chi connectivity index (χ3n) is 5.68. The lowest BCUT2D eigenvalue weighted by atomic mass is 10.3. The van der Waals surface area contributed by atoms with Gasteiger partial charge in [-0.05, 0) is 36.8 Å². The fourth-order valence-corrected chi connectivity index (χ4v) is 3.87. The van der Waals surface area contributed by atoms with Gasteiger partial charge in [-0.3, -0.25) is 9.88 Å². The maximum Gasteiger partial charge on any atom is 0.433 e. The predicted molar refractivity (Wildman–Crippen MR) is 126 cm³/mol. The van der Waals surface area contributed by atoms with Crippen molar-refractivity contribution in [3.63, 3.8) is 0 Å². The number of hydrogen-bond acceptors (Lipinski definition) is 8. The van der Waals surface area contributed by atoms with Crippen molar-refractivity contribution in [2.45, 2.75) is 12.6 Å². The zero-order chi connectivity index (χ0) is 25.0. The summed E-state index contributed by atoms with van der Waals surface area (Å²) in [6.07, 6.45) is 1.20. The van der Waals surface area contributed by atoms with Crippen LogP contribution in [0.2, 0.25) is 0 Å². The number of hydrogen-bond donors (Lipinski definition) is 1. The van der Waals surface area contributed by atoms with Crippen LogP contribution in [0.4, 0.5) is 24.7 Å². The van der Waals surface area contributed by atoms with Crippen molar-refractivity contribution >= 4 is 17.0 Å². The number of halogens is 3. The van der Waals surface area contributed by atoms with Crippen LogP contribution >= 0.6 is 0 Å². The second-order valence-electron chi connectivity index (χ2n) is 8.18. The van der Waals surface area contributed by atoms with Gasteiger partial charge in [-0.2, -0.15) is 13.2 Å². The number of anilines is 2. The summed E-state index contributed by atoms with van der Waals surface area (Å²) in [6, 6.07) is 8.97. The Labute approximate surface area is 204 Å². The van der Waals surface area contributed by atoms with E-state index in [1.165, 1.54) is 16.6 Å². The smallest absolute Gasteiger partial charge is 0.433 e. The van der Waals surface area contributed by atoms with E-state index >= 15 is 0 Å². The molecule has 1 aliphatic rings. The second-order valence-corrected chi connectivity index (χ2v) is 8.18. The number of nitrogens with zero attached hydrogens (tertiary/aromatic N) is 6. The molecule has 4 aromatic rings. The molecular weight excluding hydrogens is 475 g/mol. The summed E-state index contributed by atoms with van der Waals surface area (Å²) in [5.41, 5.74) is 0.271. The summed E-state index contributed by atoms with van der Waals surface area (Å²) >= 11 is 0. The maximum atomic E-state index is 13.2. The van der Waals surface area contributed by atoms with Gasteiger partial charge in [0.1, 0.15) is 16.9 Å². The van der Waals surface area contributed by atoms with Gasteiger partial charge in [-0.25, -0.2) is 14.5 Å². The predicted octanol–water partition coefficient (Wildman–Crippen LogP) is 4.05. The molecule has 0 bridgehead atoms. The van der Waals surface area contributed by atoms with E-state index in [2.05, 4.69) is 30.3 Å². The van der Waals surface area contributed by atoms with Crippen LogP contribution in [0, 0.1) is 0 Å². The Morgan fingerprint density at radius 2 is 1.92 bits per heavy atom. The first kappa shape index (κ1) is 23.9. The van der Waals surface area contributed by atoms with Crippen molar-refractivity contribution < 1.29 is 22.6 Å². The monoisotopic (exact) mass is 499 g/mol. The zero-order valence-corrected chi connectivity index (χ0v) is 19.3. The highest BCUT2D eigenvalue weighted by Gasteiger charge is 2.32. The van der Waals surface area contributed by atoms with Crippen molar-refractivity contribution in [3.8, 4) is 17.3 Å². The molecular formula is C24H24F3N7O2. The summed E-state index contributed by atoms with van der Waals surface area (Å²) < 4.78 is 52.5. The SMILES string of the molecule is FC(F)(F)c1cccc(-c2nc(Nc3ccncc3OCCCN3CCOCC3)c3cccn3n2)n1. The molecule has 4 aromatic heterocycles. The molecule has 1 N–H and O–H groups in total. The first-order valence-corrected chi connectivity index (χ1v) is 11.5. The van der Waals surface area contributed by atoms with Crippen LogP contribution in [0.3, 0.4) is 0 Å². The molecule has 0 amide bonds. The van der Waals surface area contributed by atoms with Gasteiger partial charge in [-0.15, -0.1) is 5.10 Å². The van der Waals surface area contributed by atoms with E-state index in [9.17, 15) is 13.2 Å². The normalized spacial score (nSPS) is 14.8. The fourth-order valence-electron chi connectivity index (χ4n) is 3.87. The molecule has 1 fully saturated rings. The van der Waals surface area contributed by atoms with E-state index in [0.717, 1.165) is 45.3 Å². The highest BCUT2D eigenvalue weighted by Crippen LogP contribution is 2.31. The Hall–Kier alpha value is -3.77. The number of pyridine rings is 2. The largest absolute Gasteiger partial charge is 0.490 e. The lowest BCUT2D eigenvalue weighted by molar-refractivity contribution is -0.141. The summed E-state index contributed by atoms with van der Waals surface area (Å²) in [5, 5.41) is 7.57. The highest BCUT2D eigenvalue weighted by atomic mass is 19.4. The Bertz CT molecular complexity index is 1320. The van der Waals surface area contributed by atoms with Crippen LogP contribution < -0.4 is 10.1 Å². The van der Waals surface area contributed by atoms with Gasteiger partial charge in [0.15, 0.2) is 11.6 Å². The number of fused-ring (bicyclic) bond motifs is 1. The van der Waals surface area contributed by atoms with Gasteiger partial charge in [-0.1, -0.05) is 6.07 Å². The molecule has 9 nitrogen and oxygen atoms in total. The van der Waals surface area contributed by atoms with Crippen LogP contribution in [0.15, 0.2) is 55.0 Å². The molecule has 0 spiro atoms. The molecule has 188 valence electrons. The molecule has 0 unspecified atom stereocenters. The van der Waals surface area contributed by atoms with Crippen LogP contribution in [-0.2, 0) is 10.9 Å².